The first-order valence-electron chi connectivity index (χ1n) is 10.4. The van der Waals surface area contributed by atoms with Gasteiger partial charge >= 0.3 is 6.18 Å². The summed E-state index contributed by atoms with van der Waals surface area (Å²) in [7, 11) is -1.40. The van der Waals surface area contributed by atoms with E-state index in [1.807, 2.05) is 0 Å². The number of nitrogens with zero attached hydrogens (tertiary/aromatic N) is 1. The summed E-state index contributed by atoms with van der Waals surface area (Å²) >= 11 is 11.7. The summed E-state index contributed by atoms with van der Waals surface area (Å²) in [6, 6.07) is 11.7. The van der Waals surface area contributed by atoms with E-state index < -0.39 is 33.4 Å². The van der Waals surface area contributed by atoms with Crippen LogP contribution in [0.15, 0.2) is 54.6 Å². The maximum atomic E-state index is 13.6. The molecule has 0 spiro atoms. The molecule has 0 aliphatic rings. The van der Waals surface area contributed by atoms with E-state index in [1.165, 1.54) is 32.4 Å². The second kappa shape index (κ2) is 11.1. The van der Waals surface area contributed by atoms with Gasteiger partial charge in [0, 0.05) is 16.1 Å². The number of nitrogens with one attached hydrogen (secondary N) is 1. The predicted molar refractivity (Wildman–Crippen MR) is 136 cm³/mol. The number of anilines is 2. The highest BCUT2D eigenvalue weighted by molar-refractivity contribution is 7.92. The molecule has 37 heavy (non-hydrogen) atoms. The molecule has 0 heterocycles. The third-order valence-corrected chi connectivity index (χ3v) is 6.80. The highest BCUT2D eigenvalue weighted by atomic mass is 35.5. The smallest absolute Gasteiger partial charge is 0.418 e. The lowest BCUT2D eigenvalue weighted by atomic mass is 10.1. The van der Waals surface area contributed by atoms with Gasteiger partial charge in [0.15, 0.2) is 11.5 Å². The van der Waals surface area contributed by atoms with Crippen molar-refractivity contribution in [1.82, 2.24) is 0 Å². The number of carbonyl (C=O) groups is 1. The number of methoxy groups -OCH3 is 2. The highest BCUT2D eigenvalue weighted by Crippen LogP contribution is 2.39. The molecule has 0 atom stereocenters. The number of hydrogen-bond donors (Lipinski definition) is 1. The second-order valence-corrected chi connectivity index (χ2v) is 10.5. The first-order chi connectivity index (χ1) is 17.2. The molecule has 0 aliphatic heterocycles. The Morgan fingerprint density at radius 1 is 0.946 bits per heavy atom. The van der Waals surface area contributed by atoms with Crippen LogP contribution in [0.2, 0.25) is 10.0 Å². The average molecular weight is 577 g/mol. The minimum absolute atomic E-state index is 0.0588. The molecule has 0 unspecified atom stereocenters. The van der Waals surface area contributed by atoms with Crippen LogP contribution in [0.5, 0.6) is 11.5 Å². The van der Waals surface area contributed by atoms with Crippen LogP contribution in [0, 0.1) is 0 Å². The van der Waals surface area contributed by atoms with Gasteiger partial charge in [-0.05, 0) is 42.0 Å². The van der Waals surface area contributed by atoms with Gasteiger partial charge in [0.25, 0.3) is 5.91 Å². The Morgan fingerprint density at radius 2 is 1.51 bits per heavy atom. The fourth-order valence-corrected chi connectivity index (χ4v) is 4.63. The summed E-state index contributed by atoms with van der Waals surface area (Å²) in [5, 5.41) is 2.47. The van der Waals surface area contributed by atoms with Gasteiger partial charge in [-0.15, -0.1) is 0 Å². The van der Waals surface area contributed by atoms with Crippen LogP contribution in [0.25, 0.3) is 0 Å². The Kier molecular flexibility index (Phi) is 8.51. The standard InChI is InChI=1S/C24H21Cl2F3N2O5S/c1-35-21-11-17(23(32)30-19-9-8-16(26)10-18(19)24(27,28)29)20(12-22(21)36-2)31(37(3,33)34)13-14-4-6-15(25)7-5-14/h4-12H,13H2,1-3H3,(H,30,32). The maximum Gasteiger partial charge on any atom is 0.418 e. The molecule has 3 aromatic carbocycles. The first-order valence-corrected chi connectivity index (χ1v) is 13.0. The van der Waals surface area contributed by atoms with Gasteiger partial charge in [-0.1, -0.05) is 35.3 Å². The number of benzene rings is 3. The van der Waals surface area contributed by atoms with Crippen LogP contribution in [0.1, 0.15) is 21.5 Å². The average Bonchev–Trinajstić information content (AvgIpc) is 2.82. The topological polar surface area (TPSA) is 84.9 Å². The third-order valence-electron chi connectivity index (χ3n) is 5.19. The molecule has 0 aliphatic carbocycles. The monoisotopic (exact) mass is 576 g/mol. The van der Waals surface area contributed by atoms with Crippen molar-refractivity contribution in [2.75, 3.05) is 30.1 Å². The molecule has 0 radical (unpaired) electrons. The van der Waals surface area contributed by atoms with Crippen LogP contribution in [0.3, 0.4) is 0 Å². The van der Waals surface area contributed by atoms with E-state index in [0.717, 1.165) is 16.6 Å². The highest BCUT2D eigenvalue weighted by Gasteiger charge is 2.35. The van der Waals surface area contributed by atoms with Crippen LogP contribution in [-0.4, -0.2) is 34.8 Å². The van der Waals surface area contributed by atoms with Crippen molar-refractivity contribution in [1.29, 1.82) is 0 Å². The van der Waals surface area contributed by atoms with E-state index in [0.29, 0.717) is 16.7 Å². The third kappa shape index (κ3) is 6.79. The van der Waals surface area contributed by atoms with E-state index in [1.54, 1.807) is 24.3 Å². The van der Waals surface area contributed by atoms with E-state index >= 15 is 0 Å². The fraction of sp³-hybridized carbons (Fsp3) is 0.208. The minimum Gasteiger partial charge on any atom is -0.493 e. The molecule has 1 amide bonds. The van der Waals surface area contributed by atoms with Crippen LogP contribution < -0.4 is 19.1 Å². The van der Waals surface area contributed by atoms with Crippen molar-refractivity contribution >= 4 is 50.5 Å². The molecule has 3 rings (SSSR count). The zero-order chi connectivity index (χ0) is 27.5. The number of alkyl halides is 3. The molecule has 1 N–H and O–H groups in total. The van der Waals surface area contributed by atoms with Gasteiger partial charge in [0.2, 0.25) is 10.0 Å². The summed E-state index contributed by atoms with van der Waals surface area (Å²) in [6.07, 6.45) is -3.89. The molecule has 7 nitrogen and oxygen atoms in total. The Morgan fingerprint density at radius 3 is 2.05 bits per heavy atom. The van der Waals surface area contributed by atoms with Gasteiger partial charge in [-0.25, -0.2) is 8.42 Å². The summed E-state index contributed by atoms with van der Waals surface area (Å²) in [6.45, 7) is -0.208. The molecule has 0 bridgehead atoms. The molecular formula is C24H21Cl2F3N2O5S. The molecule has 0 aromatic heterocycles. The molecule has 13 heteroatoms. The molecule has 0 saturated heterocycles. The number of rotatable bonds is 8. The van der Waals surface area contributed by atoms with Gasteiger partial charge in [-0.3, -0.25) is 9.10 Å². The number of amides is 1. The van der Waals surface area contributed by atoms with Gasteiger partial charge in [0.1, 0.15) is 0 Å². The van der Waals surface area contributed by atoms with Crippen molar-refractivity contribution in [2.45, 2.75) is 12.7 Å². The lowest BCUT2D eigenvalue weighted by Crippen LogP contribution is -2.31. The summed E-state index contributed by atoms with van der Waals surface area (Å²) in [5.41, 5.74) is -1.62. The fourth-order valence-electron chi connectivity index (χ4n) is 3.44. The van der Waals surface area contributed by atoms with Crippen LogP contribution in [-0.2, 0) is 22.7 Å². The van der Waals surface area contributed by atoms with Crippen molar-refractivity contribution in [3.8, 4) is 11.5 Å². The Hall–Kier alpha value is -3.15. The summed E-state index contributed by atoms with van der Waals surface area (Å²) < 4.78 is 77.9. The number of halogens is 5. The predicted octanol–water partition coefficient (Wildman–Crippen LogP) is 6.25. The van der Waals surface area contributed by atoms with E-state index in [-0.39, 0.29) is 34.3 Å². The molecule has 0 fully saturated rings. The Balaban J connectivity index is 2.17. The molecule has 3 aromatic rings. The summed E-state index contributed by atoms with van der Waals surface area (Å²) in [4.78, 5) is 13.3. The van der Waals surface area contributed by atoms with E-state index in [2.05, 4.69) is 5.32 Å². The quantitative estimate of drug-likeness (QED) is 0.342. The van der Waals surface area contributed by atoms with Gasteiger partial charge in [0.05, 0.1) is 49.5 Å². The number of hydrogen-bond acceptors (Lipinski definition) is 5. The minimum atomic E-state index is -4.82. The zero-order valence-corrected chi connectivity index (χ0v) is 22.0. The van der Waals surface area contributed by atoms with Crippen molar-refractivity contribution in [2.24, 2.45) is 0 Å². The Labute approximate surface area is 221 Å². The van der Waals surface area contributed by atoms with E-state index in [9.17, 15) is 26.4 Å². The second-order valence-electron chi connectivity index (χ2n) is 7.76. The SMILES string of the molecule is COc1cc(C(=O)Nc2ccc(Cl)cc2C(F)(F)F)c(N(Cc2ccc(Cl)cc2)S(C)(=O)=O)cc1OC. The summed E-state index contributed by atoms with van der Waals surface area (Å²) in [5.74, 6) is -0.863. The van der Waals surface area contributed by atoms with Crippen LogP contribution in [0.4, 0.5) is 24.5 Å². The number of carbonyl (C=O) groups excluding carboxylic acids is 1. The van der Waals surface area contributed by atoms with E-state index in [4.69, 9.17) is 32.7 Å². The number of ether oxygens (including phenoxy) is 2. The Bertz CT molecular complexity index is 1420. The molecular weight excluding hydrogens is 556 g/mol. The molecule has 198 valence electrons. The maximum absolute atomic E-state index is 13.6. The van der Waals surface area contributed by atoms with Crippen molar-refractivity contribution in [3.05, 3.63) is 81.3 Å². The number of sulfonamides is 1. The normalized spacial score (nSPS) is 11.7. The zero-order valence-electron chi connectivity index (χ0n) is 19.7. The van der Waals surface area contributed by atoms with Gasteiger partial charge < -0.3 is 14.8 Å². The van der Waals surface area contributed by atoms with Crippen LogP contribution >= 0.6 is 23.2 Å². The van der Waals surface area contributed by atoms with Crippen molar-refractivity contribution < 1.29 is 35.9 Å². The van der Waals surface area contributed by atoms with Gasteiger partial charge in [-0.2, -0.15) is 13.2 Å². The largest absolute Gasteiger partial charge is 0.493 e. The first kappa shape index (κ1) is 28.4. The lowest BCUT2D eigenvalue weighted by molar-refractivity contribution is -0.136. The van der Waals surface area contributed by atoms with Crippen molar-refractivity contribution in [3.63, 3.8) is 0 Å². The lowest BCUT2D eigenvalue weighted by Gasteiger charge is -2.26. The molecule has 0 saturated carbocycles.